The molecule has 0 aliphatic heterocycles. The normalized spacial score (nSPS) is 13.7. The average Bonchev–Trinajstić information content (AvgIpc) is 2.89. The van der Waals surface area contributed by atoms with Crippen molar-refractivity contribution in [3.8, 4) is 0 Å². The van der Waals surface area contributed by atoms with Crippen LogP contribution in [0, 0.1) is 0 Å². The van der Waals surface area contributed by atoms with Crippen LogP contribution >= 0.6 is 11.3 Å². The number of ether oxygens (including phenoxy) is 1. The number of aliphatic carboxylic acids is 1. The van der Waals surface area contributed by atoms with Crippen LogP contribution in [0.25, 0.3) is 0 Å². The van der Waals surface area contributed by atoms with Gasteiger partial charge in [0.2, 0.25) is 0 Å². The van der Waals surface area contributed by atoms with Crippen molar-refractivity contribution in [2.24, 2.45) is 0 Å². The van der Waals surface area contributed by atoms with E-state index in [1.54, 1.807) is 13.0 Å². The predicted molar refractivity (Wildman–Crippen MR) is 94.3 cm³/mol. The molecule has 9 heteroatoms. The summed E-state index contributed by atoms with van der Waals surface area (Å²) in [6.45, 7) is 8.39. The van der Waals surface area contributed by atoms with Crippen LogP contribution in [-0.4, -0.2) is 46.9 Å². The van der Waals surface area contributed by atoms with Gasteiger partial charge in [0.25, 0.3) is 0 Å². The van der Waals surface area contributed by atoms with Crippen LogP contribution in [0.1, 0.15) is 49.9 Å². The highest BCUT2D eigenvalue weighted by Gasteiger charge is 2.31. The van der Waals surface area contributed by atoms with E-state index in [0.717, 1.165) is 11.8 Å². The van der Waals surface area contributed by atoms with Crippen molar-refractivity contribution < 1.29 is 29.3 Å². The Morgan fingerprint density at radius 2 is 1.84 bits per heavy atom. The molecule has 25 heavy (non-hydrogen) atoms. The molecule has 0 spiro atoms. The fourth-order valence-corrected chi connectivity index (χ4v) is 2.79. The molecular formula is C16H24N2O6S. The molecule has 1 rings (SSSR count). The van der Waals surface area contributed by atoms with Gasteiger partial charge in [-0.25, -0.2) is 14.4 Å². The quantitative estimate of drug-likeness (QED) is 0.567. The highest BCUT2D eigenvalue weighted by molar-refractivity contribution is 7.16. The van der Waals surface area contributed by atoms with Gasteiger partial charge in [-0.05, 0) is 25.3 Å². The Balaban J connectivity index is 2.95. The number of hydrogen-bond acceptors (Lipinski definition) is 6. The fraction of sp³-hybridized carbons (Fsp3) is 0.562. The van der Waals surface area contributed by atoms with E-state index in [9.17, 15) is 19.5 Å². The molecule has 1 aromatic rings. The predicted octanol–water partition coefficient (Wildman–Crippen LogP) is 2.18. The summed E-state index contributed by atoms with van der Waals surface area (Å²) in [4.78, 5) is 35.8. The Kier molecular flexibility index (Phi) is 6.55. The molecule has 1 aromatic heterocycles. The number of anilines is 1. The molecule has 140 valence electrons. The van der Waals surface area contributed by atoms with Gasteiger partial charge in [-0.3, -0.25) is 5.32 Å². The van der Waals surface area contributed by atoms with Crippen LogP contribution in [0.5, 0.6) is 0 Å². The molecule has 4 N–H and O–H groups in total. The van der Waals surface area contributed by atoms with Crippen molar-refractivity contribution in [1.29, 1.82) is 0 Å². The van der Waals surface area contributed by atoms with Crippen LogP contribution in [0.3, 0.4) is 0 Å². The summed E-state index contributed by atoms with van der Waals surface area (Å²) in [5.41, 5.74) is -2.08. The lowest BCUT2D eigenvalue weighted by Gasteiger charge is -2.18. The molecule has 0 saturated carbocycles. The maximum absolute atomic E-state index is 12.1. The number of carbonyl (C=O) groups is 3. The first kappa shape index (κ1) is 20.9. The third kappa shape index (κ3) is 5.71. The second-order valence-electron chi connectivity index (χ2n) is 6.71. The molecule has 8 nitrogen and oxygen atoms in total. The van der Waals surface area contributed by atoms with E-state index in [1.807, 2.05) is 20.8 Å². The number of rotatable bonds is 6. The molecule has 0 aliphatic carbocycles. The van der Waals surface area contributed by atoms with E-state index in [0.29, 0.717) is 5.00 Å². The summed E-state index contributed by atoms with van der Waals surface area (Å²) < 4.78 is 5.00. The summed E-state index contributed by atoms with van der Waals surface area (Å²) in [7, 11) is 0. The minimum atomic E-state index is -2.09. The van der Waals surface area contributed by atoms with Gasteiger partial charge >= 0.3 is 18.0 Å². The number of aliphatic hydroxyl groups is 1. The third-order valence-corrected chi connectivity index (χ3v) is 4.72. The number of carboxylic acid groups (broad SMARTS) is 1. The number of hydrogen-bond donors (Lipinski definition) is 4. The number of carboxylic acids is 1. The van der Waals surface area contributed by atoms with Crippen molar-refractivity contribution in [3.05, 3.63) is 16.5 Å². The average molecular weight is 372 g/mol. The molecule has 0 aromatic carbocycles. The molecule has 2 amide bonds. The standard InChI is InChI=1S/C16H24N2O6S/c1-6-24-12(19)9-7-10(15(2,3)4)25-11(9)18-14(22)17-8-16(5,23)13(20)21/h7,23H,6,8H2,1-5H3,(H,20,21)(H2,17,18,22). The van der Waals surface area contributed by atoms with Crippen molar-refractivity contribution in [2.45, 2.75) is 45.6 Å². The van der Waals surface area contributed by atoms with Crippen LogP contribution < -0.4 is 10.6 Å². The van der Waals surface area contributed by atoms with E-state index in [2.05, 4.69) is 10.6 Å². The number of nitrogens with one attached hydrogen (secondary N) is 2. The molecule has 1 unspecified atom stereocenters. The Hall–Kier alpha value is -2.13. The first-order chi connectivity index (χ1) is 11.4. The van der Waals surface area contributed by atoms with Gasteiger partial charge in [0.1, 0.15) is 5.00 Å². The fourth-order valence-electron chi connectivity index (χ4n) is 1.69. The minimum Gasteiger partial charge on any atom is -0.479 e. The van der Waals surface area contributed by atoms with Gasteiger partial charge in [0, 0.05) is 4.88 Å². The van der Waals surface area contributed by atoms with Crippen molar-refractivity contribution in [3.63, 3.8) is 0 Å². The number of urea groups is 1. The lowest BCUT2D eigenvalue weighted by Crippen LogP contribution is -2.47. The van der Waals surface area contributed by atoms with E-state index in [1.165, 1.54) is 11.3 Å². The molecule has 0 fully saturated rings. The SMILES string of the molecule is CCOC(=O)c1cc(C(C)(C)C)sc1NC(=O)NCC(C)(O)C(=O)O. The van der Waals surface area contributed by atoms with Crippen LogP contribution in [-0.2, 0) is 14.9 Å². The summed E-state index contributed by atoms with van der Waals surface area (Å²) >= 11 is 1.24. The Morgan fingerprint density at radius 1 is 1.24 bits per heavy atom. The van der Waals surface area contributed by atoms with Gasteiger partial charge < -0.3 is 20.3 Å². The molecule has 0 radical (unpaired) electrons. The molecule has 0 saturated heterocycles. The second-order valence-corrected chi connectivity index (χ2v) is 7.76. The van der Waals surface area contributed by atoms with Crippen molar-refractivity contribution in [1.82, 2.24) is 5.32 Å². The third-order valence-electron chi connectivity index (χ3n) is 3.25. The lowest BCUT2D eigenvalue weighted by molar-refractivity contribution is -0.155. The maximum Gasteiger partial charge on any atom is 0.341 e. The zero-order chi connectivity index (χ0) is 19.4. The monoisotopic (exact) mass is 372 g/mol. The molecular weight excluding hydrogens is 348 g/mol. The maximum atomic E-state index is 12.1. The highest BCUT2D eigenvalue weighted by atomic mass is 32.1. The van der Waals surface area contributed by atoms with Gasteiger partial charge in [0.05, 0.1) is 18.7 Å². The first-order valence-corrected chi connectivity index (χ1v) is 8.52. The van der Waals surface area contributed by atoms with Crippen LogP contribution in [0.4, 0.5) is 9.80 Å². The zero-order valence-electron chi connectivity index (χ0n) is 14.9. The molecule has 1 heterocycles. The highest BCUT2D eigenvalue weighted by Crippen LogP contribution is 2.36. The minimum absolute atomic E-state index is 0.201. The summed E-state index contributed by atoms with van der Waals surface area (Å²) in [5.74, 6) is -2.01. The topological polar surface area (TPSA) is 125 Å². The number of amides is 2. The van der Waals surface area contributed by atoms with E-state index in [-0.39, 0.29) is 17.6 Å². The van der Waals surface area contributed by atoms with Gasteiger partial charge in [-0.2, -0.15) is 0 Å². The van der Waals surface area contributed by atoms with E-state index < -0.39 is 30.1 Å². The zero-order valence-corrected chi connectivity index (χ0v) is 15.7. The number of thiophene rings is 1. The van der Waals surface area contributed by atoms with Gasteiger partial charge in [0.15, 0.2) is 5.60 Å². The van der Waals surface area contributed by atoms with Gasteiger partial charge in [-0.15, -0.1) is 11.3 Å². The van der Waals surface area contributed by atoms with E-state index in [4.69, 9.17) is 9.84 Å². The summed E-state index contributed by atoms with van der Waals surface area (Å²) in [6, 6.07) is 0.945. The summed E-state index contributed by atoms with van der Waals surface area (Å²) in [6.07, 6.45) is 0. The van der Waals surface area contributed by atoms with Crippen LogP contribution in [0.2, 0.25) is 0 Å². The van der Waals surface area contributed by atoms with Crippen molar-refractivity contribution in [2.75, 3.05) is 18.5 Å². The van der Waals surface area contributed by atoms with Crippen LogP contribution in [0.15, 0.2) is 6.07 Å². The first-order valence-electron chi connectivity index (χ1n) is 7.70. The Morgan fingerprint density at radius 3 is 2.32 bits per heavy atom. The molecule has 0 bridgehead atoms. The molecule has 1 atom stereocenters. The Bertz CT molecular complexity index is 660. The smallest absolute Gasteiger partial charge is 0.341 e. The number of carbonyl (C=O) groups excluding carboxylic acids is 2. The molecule has 0 aliphatic rings. The Labute approximate surface area is 150 Å². The lowest BCUT2D eigenvalue weighted by atomic mass is 9.94. The van der Waals surface area contributed by atoms with Gasteiger partial charge in [-0.1, -0.05) is 20.8 Å². The summed E-state index contributed by atoms with van der Waals surface area (Å²) in [5, 5.41) is 23.5. The number of esters is 1. The largest absolute Gasteiger partial charge is 0.479 e. The van der Waals surface area contributed by atoms with Crippen molar-refractivity contribution >= 4 is 34.3 Å². The second kappa shape index (κ2) is 7.83. The van der Waals surface area contributed by atoms with E-state index >= 15 is 0 Å².